The minimum atomic E-state index is -0.779. The molecule has 140 valence electrons. The molecule has 0 unspecified atom stereocenters. The van der Waals surface area contributed by atoms with Crippen molar-refractivity contribution in [1.82, 2.24) is 9.55 Å². The number of aryl methyl sites for hydroxylation is 1. The summed E-state index contributed by atoms with van der Waals surface area (Å²) in [7, 11) is 0. The molecular formula is C20H27N3O3. The highest BCUT2D eigenvalue weighted by atomic mass is 16.6. The number of hydrogen-bond donors (Lipinski definition) is 1. The van der Waals surface area contributed by atoms with E-state index in [0.717, 1.165) is 24.1 Å². The molecule has 26 heavy (non-hydrogen) atoms. The lowest BCUT2D eigenvalue weighted by atomic mass is 10.0. The topological polar surface area (TPSA) is 76.7 Å². The summed E-state index contributed by atoms with van der Waals surface area (Å²) in [6, 6.07) is 8.40. The van der Waals surface area contributed by atoms with Gasteiger partial charge in [0.05, 0.1) is 12.9 Å². The SMILES string of the molecule is CCCCc1cccc(/C(Cn2ccnc2)=N\OCCCCC(=O)O)c1. The number of carboxylic acid groups (broad SMARTS) is 1. The van der Waals surface area contributed by atoms with Crippen LogP contribution in [0.3, 0.4) is 0 Å². The lowest BCUT2D eigenvalue weighted by Crippen LogP contribution is -2.12. The molecule has 1 N–H and O–H groups in total. The first-order valence-corrected chi connectivity index (χ1v) is 9.14. The number of benzene rings is 1. The van der Waals surface area contributed by atoms with Crippen molar-refractivity contribution in [3.8, 4) is 0 Å². The largest absolute Gasteiger partial charge is 0.481 e. The maximum atomic E-state index is 10.5. The van der Waals surface area contributed by atoms with Crippen molar-refractivity contribution in [3.63, 3.8) is 0 Å². The van der Waals surface area contributed by atoms with Crippen LogP contribution < -0.4 is 0 Å². The van der Waals surface area contributed by atoms with E-state index in [-0.39, 0.29) is 6.42 Å². The van der Waals surface area contributed by atoms with Gasteiger partial charge in [-0.25, -0.2) is 4.98 Å². The van der Waals surface area contributed by atoms with Crippen LogP contribution in [-0.4, -0.2) is 32.9 Å². The number of aromatic nitrogens is 2. The van der Waals surface area contributed by atoms with Gasteiger partial charge in [0.25, 0.3) is 0 Å². The Kier molecular flexibility index (Phi) is 8.39. The van der Waals surface area contributed by atoms with Gasteiger partial charge in [-0.15, -0.1) is 0 Å². The zero-order valence-electron chi connectivity index (χ0n) is 15.3. The molecule has 6 heteroatoms. The Bertz CT molecular complexity index is 696. The fraction of sp³-hybridized carbons (Fsp3) is 0.450. The summed E-state index contributed by atoms with van der Waals surface area (Å²) >= 11 is 0. The second-order valence-electron chi connectivity index (χ2n) is 6.26. The number of nitrogens with zero attached hydrogens (tertiary/aromatic N) is 3. The molecule has 1 heterocycles. The number of unbranched alkanes of at least 4 members (excludes halogenated alkanes) is 2. The van der Waals surface area contributed by atoms with E-state index in [1.807, 2.05) is 16.8 Å². The molecule has 0 saturated carbocycles. The van der Waals surface area contributed by atoms with Gasteiger partial charge in [0.2, 0.25) is 0 Å². The number of carboxylic acids is 1. The van der Waals surface area contributed by atoms with Gasteiger partial charge < -0.3 is 14.5 Å². The lowest BCUT2D eigenvalue weighted by Gasteiger charge is -2.10. The average Bonchev–Trinajstić information content (AvgIpc) is 3.15. The van der Waals surface area contributed by atoms with Crippen LogP contribution in [0.4, 0.5) is 0 Å². The molecule has 0 aliphatic heterocycles. The van der Waals surface area contributed by atoms with E-state index >= 15 is 0 Å². The molecule has 0 atom stereocenters. The van der Waals surface area contributed by atoms with Crippen LogP contribution in [0.1, 0.15) is 50.2 Å². The predicted molar refractivity (Wildman–Crippen MR) is 101 cm³/mol. The molecule has 0 bridgehead atoms. The van der Waals surface area contributed by atoms with Gasteiger partial charge in [-0.05, 0) is 37.3 Å². The van der Waals surface area contributed by atoms with E-state index in [0.29, 0.717) is 26.0 Å². The number of oxime groups is 1. The van der Waals surface area contributed by atoms with Gasteiger partial charge in [-0.1, -0.05) is 36.7 Å². The molecule has 6 nitrogen and oxygen atoms in total. The molecular weight excluding hydrogens is 330 g/mol. The van der Waals surface area contributed by atoms with Gasteiger partial charge in [-0.3, -0.25) is 4.79 Å². The maximum Gasteiger partial charge on any atom is 0.303 e. The Hall–Kier alpha value is -2.63. The van der Waals surface area contributed by atoms with Crippen molar-refractivity contribution in [1.29, 1.82) is 0 Å². The smallest absolute Gasteiger partial charge is 0.303 e. The first kappa shape index (κ1) is 19.7. The Morgan fingerprint density at radius 2 is 2.19 bits per heavy atom. The fourth-order valence-corrected chi connectivity index (χ4v) is 2.58. The summed E-state index contributed by atoms with van der Waals surface area (Å²) < 4.78 is 1.95. The third kappa shape index (κ3) is 7.09. The highest BCUT2D eigenvalue weighted by molar-refractivity contribution is 6.00. The van der Waals surface area contributed by atoms with E-state index in [4.69, 9.17) is 9.94 Å². The quantitative estimate of drug-likeness (QED) is 0.355. The number of carbonyl (C=O) groups is 1. The fourth-order valence-electron chi connectivity index (χ4n) is 2.58. The van der Waals surface area contributed by atoms with Gasteiger partial charge >= 0.3 is 5.97 Å². The van der Waals surface area contributed by atoms with Gasteiger partial charge in [0.15, 0.2) is 0 Å². The minimum absolute atomic E-state index is 0.161. The zero-order valence-corrected chi connectivity index (χ0v) is 15.3. The Morgan fingerprint density at radius 3 is 2.92 bits per heavy atom. The van der Waals surface area contributed by atoms with Crippen LogP contribution in [0.2, 0.25) is 0 Å². The molecule has 2 rings (SSSR count). The van der Waals surface area contributed by atoms with Crippen LogP contribution in [0.15, 0.2) is 48.1 Å². The van der Waals surface area contributed by atoms with E-state index < -0.39 is 5.97 Å². The Labute approximate surface area is 154 Å². The minimum Gasteiger partial charge on any atom is -0.481 e. The van der Waals surface area contributed by atoms with E-state index in [9.17, 15) is 4.79 Å². The van der Waals surface area contributed by atoms with E-state index in [1.165, 1.54) is 12.0 Å². The summed E-state index contributed by atoms with van der Waals surface area (Å²) in [5.41, 5.74) is 3.17. The van der Waals surface area contributed by atoms with Gasteiger partial charge in [-0.2, -0.15) is 0 Å². The van der Waals surface area contributed by atoms with E-state index in [2.05, 4.69) is 35.3 Å². The molecule has 0 aliphatic rings. The molecule has 1 aromatic heterocycles. The standard InChI is InChI=1S/C20H27N3O3/c1-2-3-7-17-8-6-9-18(14-17)19(15-23-12-11-21-16-23)22-26-13-5-4-10-20(24)25/h6,8-9,11-12,14,16H,2-5,7,10,13,15H2,1H3,(H,24,25)/b22-19-. The van der Waals surface area contributed by atoms with Crippen LogP contribution in [0, 0.1) is 0 Å². The maximum absolute atomic E-state index is 10.5. The summed E-state index contributed by atoms with van der Waals surface area (Å²) in [5, 5.41) is 13.0. The normalized spacial score (nSPS) is 11.5. The summed E-state index contributed by atoms with van der Waals surface area (Å²) in [6.07, 6.45) is 10.2. The molecule has 0 saturated heterocycles. The van der Waals surface area contributed by atoms with Gasteiger partial charge in [0.1, 0.15) is 12.3 Å². The van der Waals surface area contributed by atoms with Crippen molar-refractivity contribution < 1.29 is 14.7 Å². The summed E-state index contributed by atoms with van der Waals surface area (Å²) in [6.45, 7) is 3.18. The highest BCUT2D eigenvalue weighted by Crippen LogP contribution is 2.12. The van der Waals surface area contributed by atoms with Crippen LogP contribution in [0.25, 0.3) is 0 Å². The second kappa shape index (κ2) is 11.1. The molecule has 0 spiro atoms. The average molecular weight is 357 g/mol. The molecule has 2 aromatic rings. The predicted octanol–water partition coefficient (Wildman–Crippen LogP) is 3.90. The molecule has 1 aromatic carbocycles. The van der Waals surface area contributed by atoms with Crippen LogP contribution in [0.5, 0.6) is 0 Å². The molecule has 0 amide bonds. The first-order chi connectivity index (χ1) is 12.7. The van der Waals surface area contributed by atoms with Crippen molar-refractivity contribution >= 4 is 11.7 Å². The molecule has 0 aliphatic carbocycles. The highest BCUT2D eigenvalue weighted by Gasteiger charge is 2.07. The van der Waals surface area contributed by atoms with Gasteiger partial charge in [0, 0.05) is 24.4 Å². The number of aliphatic carboxylic acids is 1. The summed E-state index contributed by atoms with van der Waals surface area (Å²) in [5.74, 6) is -0.779. The van der Waals surface area contributed by atoms with E-state index in [1.54, 1.807) is 12.5 Å². The lowest BCUT2D eigenvalue weighted by molar-refractivity contribution is -0.137. The molecule has 0 fully saturated rings. The second-order valence-corrected chi connectivity index (χ2v) is 6.26. The summed E-state index contributed by atoms with van der Waals surface area (Å²) in [4.78, 5) is 20.1. The third-order valence-corrected chi connectivity index (χ3v) is 4.02. The van der Waals surface area contributed by atoms with Crippen molar-refractivity contribution in [3.05, 3.63) is 54.1 Å². The number of hydrogen-bond acceptors (Lipinski definition) is 4. The number of imidazole rings is 1. The van der Waals surface area contributed by atoms with Crippen LogP contribution >= 0.6 is 0 Å². The Morgan fingerprint density at radius 1 is 1.31 bits per heavy atom. The monoisotopic (exact) mass is 357 g/mol. The zero-order chi connectivity index (χ0) is 18.6. The van der Waals surface area contributed by atoms with Crippen molar-refractivity contribution in [2.75, 3.05) is 6.61 Å². The third-order valence-electron chi connectivity index (χ3n) is 4.02. The first-order valence-electron chi connectivity index (χ1n) is 9.14. The van der Waals surface area contributed by atoms with Crippen LogP contribution in [-0.2, 0) is 22.6 Å². The molecule has 0 radical (unpaired) electrons. The Balaban J connectivity index is 2.03. The van der Waals surface area contributed by atoms with Crippen molar-refractivity contribution in [2.24, 2.45) is 5.16 Å². The van der Waals surface area contributed by atoms with Crippen molar-refractivity contribution in [2.45, 2.75) is 52.0 Å². The number of rotatable bonds is 12.